The Hall–Kier alpha value is -1.14. The molecule has 92 valence electrons. The van der Waals surface area contributed by atoms with Crippen molar-refractivity contribution in [1.82, 2.24) is 16.0 Å². The van der Waals surface area contributed by atoms with Gasteiger partial charge >= 0.3 is 0 Å². The highest BCUT2D eigenvalue weighted by molar-refractivity contribution is 5.88. The molecule has 1 aliphatic rings. The Labute approximate surface area is 94.8 Å². The lowest BCUT2D eigenvalue weighted by Crippen LogP contribution is -2.54. The summed E-state index contributed by atoms with van der Waals surface area (Å²) in [4.78, 5) is 22.9. The second-order valence-electron chi connectivity index (χ2n) is 3.86. The highest BCUT2D eigenvalue weighted by Crippen LogP contribution is 1.98. The third kappa shape index (κ3) is 3.79. The van der Waals surface area contributed by atoms with E-state index in [2.05, 4.69) is 16.0 Å². The number of piperazine rings is 1. The molecule has 1 fully saturated rings. The Morgan fingerprint density at radius 2 is 2.38 bits per heavy atom. The molecule has 0 aromatic heterocycles. The van der Waals surface area contributed by atoms with Crippen molar-refractivity contribution in [3.8, 4) is 0 Å². The van der Waals surface area contributed by atoms with Gasteiger partial charge in [0.05, 0.1) is 25.1 Å². The number of hydrogen-bond donors (Lipinski definition) is 4. The quantitative estimate of drug-likeness (QED) is 0.455. The summed E-state index contributed by atoms with van der Waals surface area (Å²) in [7, 11) is 0. The first-order valence-electron chi connectivity index (χ1n) is 5.58. The fourth-order valence-corrected chi connectivity index (χ4v) is 1.56. The average Bonchev–Trinajstić information content (AvgIpc) is 2.29. The molecule has 16 heavy (non-hydrogen) atoms. The predicted molar refractivity (Wildman–Crippen MR) is 58.7 cm³/mol. The van der Waals surface area contributed by atoms with Gasteiger partial charge in [-0.3, -0.25) is 9.59 Å². The van der Waals surface area contributed by atoms with Crippen molar-refractivity contribution in [2.45, 2.75) is 31.8 Å². The van der Waals surface area contributed by atoms with Gasteiger partial charge in [-0.05, 0) is 6.42 Å². The molecule has 1 rings (SSSR count). The summed E-state index contributed by atoms with van der Waals surface area (Å²) in [6.45, 7) is 3.09. The van der Waals surface area contributed by atoms with Crippen molar-refractivity contribution in [3.63, 3.8) is 0 Å². The molecule has 0 bridgehead atoms. The number of carbonyl (C=O) groups excluding carboxylic acids is 2. The first kappa shape index (κ1) is 12.9. The van der Waals surface area contributed by atoms with Crippen LogP contribution in [0.15, 0.2) is 0 Å². The van der Waals surface area contributed by atoms with E-state index in [-0.39, 0.29) is 30.9 Å². The van der Waals surface area contributed by atoms with Crippen molar-refractivity contribution < 1.29 is 14.7 Å². The molecule has 4 N–H and O–H groups in total. The van der Waals surface area contributed by atoms with Crippen LogP contribution in [-0.4, -0.2) is 48.7 Å². The molecule has 1 heterocycles. The number of amides is 2. The number of hydrogen-bond acceptors (Lipinski definition) is 4. The molecule has 6 nitrogen and oxygen atoms in total. The van der Waals surface area contributed by atoms with Crippen LogP contribution in [-0.2, 0) is 9.59 Å². The number of aliphatic hydroxyl groups is 1. The van der Waals surface area contributed by atoms with Gasteiger partial charge in [0.15, 0.2) is 0 Å². The SMILES string of the molecule is CCC(CO)NC(=O)CC1NCCNC1=O. The highest BCUT2D eigenvalue weighted by Gasteiger charge is 2.24. The minimum atomic E-state index is -0.454. The molecule has 0 aromatic rings. The van der Waals surface area contributed by atoms with E-state index in [0.29, 0.717) is 19.5 Å². The summed E-state index contributed by atoms with van der Waals surface area (Å²) < 4.78 is 0. The van der Waals surface area contributed by atoms with E-state index in [1.165, 1.54) is 0 Å². The third-order valence-electron chi connectivity index (χ3n) is 2.60. The van der Waals surface area contributed by atoms with Gasteiger partial charge in [0.25, 0.3) is 0 Å². The summed E-state index contributed by atoms with van der Waals surface area (Å²) in [5, 5.41) is 17.3. The van der Waals surface area contributed by atoms with E-state index in [0.717, 1.165) is 0 Å². The van der Waals surface area contributed by atoms with Crippen molar-refractivity contribution in [1.29, 1.82) is 0 Å². The van der Waals surface area contributed by atoms with Crippen molar-refractivity contribution in [2.75, 3.05) is 19.7 Å². The standard InChI is InChI=1S/C10H19N3O3/c1-2-7(6-14)13-9(15)5-8-10(16)12-4-3-11-8/h7-8,11,14H,2-6H2,1H3,(H,12,16)(H,13,15). The second-order valence-corrected chi connectivity index (χ2v) is 3.86. The molecule has 1 aliphatic heterocycles. The Balaban J connectivity index is 2.35. The molecule has 0 spiro atoms. The van der Waals surface area contributed by atoms with E-state index in [9.17, 15) is 9.59 Å². The molecular formula is C10H19N3O3. The van der Waals surface area contributed by atoms with Gasteiger partial charge in [-0.15, -0.1) is 0 Å². The van der Waals surface area contributed by atoms with Crippen LogP contribution in [0, 0.1) is 0 Å². The lowest BCUT2D eigenvalue weighted by Gasteiger charge is -2.23. The summed E-state index contributed by atoms with van der Waals surface area (Å²) in [6, 6.07) is -0.677. The molecular weight excluding hydrogens is 210 g/mol. The largest absolute Gasteiger partial charge is 0.394 e. The number of carbonyl (C=O) groups is 2. The fraction of sp³-hybridized carbons (Fsp3) is 0.800. The summed E-state index contributed by atoms with van der Waals surface area (Å²) >= 11 is 0. The summed E-state index contributed by atoms with van der Waals surface area (Å²) in [5.41, 5.74) is 0. The molecule has 1 saturated heterocycles. The lowest BCUT2D eigenvalue weighted by molar-refractivity contribution is -0.129. The van der Waals surface area contributed by atoms with E-state index >= 15 is 0 Å². The van der Waals surface area contributed by atoms with Crippen LogP contribution in [0.3, 0.4) is 0 Å². The average molecular weight is 229 g/mol. The topological polar surface area (TPSA) is 90.5 Å². The van der Waals surface area contributed by atoms with Crippen LogP contribution in [0.4, 0.5) is 0 Å². The molecule has 2 amide bonds. The van der Waals surface area contributed by atoms with E-state index in [4.69, 9.17) is 5.11 Å². The molecule has 0 saturated carbocycles. The maximum Gasteiger partial charge on any atom is 0.237 e. The molecule has 2 atom stereocenters. The molecule has 0 aliphatic carbocycles. The Morgan fingerprint density at radius 3 is 2.94 bits per heavy atom. The van der Waals surface area contributed by atoms with Gasteiger partial charge < -0.3 is 21.1 Å². The zero-order chi connectivity index (χ0) is 12.0. The van der Waals surface area contributed by atoms with Crippen LogP contribution in [0.5, 0.6) is 0 Å². The minimum Gasteiger partial charge on any atom is -0.394 e. The van der Waals surface area contributed by atoms with Crippen LogP contribution in [0.1, 0.15) is 19.8 Å². The van der Waals surface area contributed by atoms with Crippen LogP contribution >= 0.6 is 0 Å². The van der Waals surface area contributed by atoms with E-state index in [1.54, 1.807) is 0 Å². The maximum absolute atomic E-state index is 11.5. The van der Waals surface area contributed by atoms with Gasteiger partial charge in [0.2, 0.25) is 11.8 Å². The number of nitrogens with one attached hydrogen (secondary N) is 3. The van der Waals surface area contributed by atoms with Crippen molar-refractivity contribution in [2.24, 2.45) is 0 Å². The highest BCUT2D eigenvalue weighted by atomic mass is 16.3. The van der Waals surface area contributed by atoms with Gasteiger partial charge in [0.1, 0.15) is 0 Å². The van der Waals surface area contributed by atoms with Crippen LogP contribution in [0.2, 0.25) is 0 Å². The zero-order valence-electron chi connectivity index (χ0n) is 9.45. The zero-order valence-corrected chi connectivity index (χ0v) is 9.45. The van der Waals surface area contributed by atoms with Gasteiger partial charge in [0, 0.05) is 13.1 Å². The molecule has 0 aromatic carbocycles. The third-order valence-corrected chi connectivity index (χ3v) is 2.60. The van der Waals surface area contributed by atoms with Crippen molar-refractivity contribution >= 4 is 11.8 Å². The minimum absolute atomic E-state index is 0.0769. The smallest absolute Gasteiger partial charge is 0.237 e. The number of aliphatic hydroxyl groups excluding tert-OH is 1. The molecule has 2 unspecified atom stereocenters. The predicted octanol–water partition coefficient (Wildman–Crippen LogP) is -1.65. The van der Waals surface area contributed by atoms with Crippen LogP contribution in [0.25, 0.3) is 0 Å². The van der Waals surface area contributed by atoms with Crippen molar-refractivity contribution in [3.05, 3.63) is 0 Å². The molecule has 0 radical (unpaired) electrons. The van der Waals surface area contributed by atoms with Gasteiger partial charge in [-0.2, -0.15) is 0 Å². The van der Waals surface area contributed by atoms with Crippen LogP contribution < -0.4 is 16.0 Å². The Kier molecular flexibility index (Phi) is 5.21. The normalized spacial score (nSPS) is 22.4. The second kappa shape index (κ2) is 6.44. The summed E-state index contributed by atoms with van der Waals surface area (Å²) in [5.74, 6) is -0.353. The number of rotatable bonds is 5. The monoisotopic (exact) mass is 229 g/mol. The first-order valence-corrected chi connectivity index (χ1v) is 5.58. The first-order chi connectivity index (χ1) is 7.67. The Bertz CT molecular complexity index is 254. The van der Waals surface area contributed by atoms with Gasteiger partial charge in [-0.1, -0.05) is 6.92 Å². The Morgan fingerprint density at radius 1 is 1.62 bits per heavy atom. The van der Waals surface area contributed by atoms with E-state index in [1.807, 2.05) is 6.92 Å². The maximum atomic E-state index is 11.5. The fourth-order valence-electron chi connectivity index (χ4n) is 1.56. The van der Waals surface area contributed by atoms with E-state index < -0.39 is 6.04 Å². The lowest BCUT2D eigenvalue weighted by atomic mass is 10.1. The van der Waals surface area contributed by atoms with Gasteiger partial charge in [-0.25, -0.2) is 0 Å². The summed E-state index contributed by atoms with van der Waals surface area (Å²) in [6.07, 6.45) is 0.787. The molecule has 6 heteroatoms.